The smallest absolute Gasteiger partial charge is 0.337 e. The number of ether oxygens (including phenoxy) is 3. The average Bonchev–Trinajstić information content (AvgIpc) is 3.02. The second kappa shape index (κ2) is 5.77. The van der Waals surface area contributed by atoms with E-state index >= 15 is 0 Å². The van der Waals surface area contributed by atoms with Gasteiger partial charge in [0, 0.05) is 5.69 Å². The van der Waals surface area contributed by atoms with Crippen molar-refractivity contribution < 1.29 is 23.8 Å². The molecule has 0 spiro atoms. The van der Waals surface area contributed by atoms with E-state index in [1.807, 2.05) is 0 Å². The molecule has 1 amide bonds. The number of benzene rings is 2. The van der Waals surface area contributed by atoms with Gasteiger partial charge in [0.15, 0.2) is 11.5 Å². The summed E-state index contributed by atoms with van der Waals surface area (Å²) in [5.41, 5.74) is 1.22. The minimum Gasteiger partial charge on any atom is -0.465 e. The Morgan fingerprint density at radius 1 is 1.14 bits per heavy atom. The highest BCUT2D eigenvalue weighted by atomic mass is 16.7. The van der Waals surface area contributed by atoms with Crippen molar-refractivity contribution >= 4 is 17.6 Å². The van der Waals surface area contributed by atoms with Crippen molar-refractivity contribution in [1.82, 2.24) is 0 Å². The highest BCUT2D eigenvalue weighted by Crippen LogP contribution is 2.35. The number of nitrogens with one attached hydrogen (secondary N) is 1. The predicted molar refractivity (Wildman–Crippen MR) is 78.3 cm³/mol. The van der Waals surface area contributed by atoms with Gasteiger partial charge >= 0.3 is 5.97 Å². The number of amides is 1. The van der Waals surface area contributed by atoms with Crippen LogP contribution in [0, 0.1) is 0 Å². The van der Waals surface area contributed by atoms with E-state index in [1.165, 1.54) is 7.11 Å². The van der Waals surface area contributed by atoms with Crippen LogP contribution < -0.4 is 14.8 Å². The third-order valence-corrected chi connectivity index (χ3v) is 3.18. The summed E-state index contributed by atoms with van der Waals surface area (Å²) in [7, 11) is 1.30. The zero-order chi connectivity index (χ0) is 15.5. The lowest BCUT2D eigenvalue weighted by molar-refractivity contribution is 0.0600. The number of anilines is 1. The van der Waals surface area contributed by atoms with Gasteiger partial charge in [-0.15, -0.1) is 0 Å². The van der Waals surface area contributed by atoms with E-state index in [1.54, 1.807) is 42.5 Å². The fraction of sp³-hybridized carbons (Fsp3) is 0.125. The Labute approximate surface area is 126 Å². The van der Waals surface area contributed by atoms with Crippen molar-refractivity contribution in [2.24, 2.45) is 0 Å². The van der Waals surface area contributed by atoms with Gasteiger partial charge in [0.05, 0.1) is 18.2 Å². The van der Waals surface area contributed by atoms with Crippen molar-refractivity contribution in [3.05, 3.63) is 53.6 Å². The van der Waals surface area contributed by atoms with Crippen molar-refractivity contribution in [2.75, 3.05) is 19.2 Å². The van der Waals surface area contributed by atoms with Crippen LogP contribution in [0.2, 0.25) is 0 Å². The molecule has 0 bridgehead atoms. The molecule has 0 fully saturated rings. The third-order valence-electron chi connectivity index (χ3n) is 3.18. The summed E-state index contributed by atoms with van der Waals surface area (Å²) < 4.78 is 15.2. The first-order valence-corrected chi connectivity index (χ1v) is 6.57. The maximum absolute atomic E-state index is 12.4. The van der Waals surface area contributed by atoms with Gasteiger partial charge in [-0.05, 0) is 30.3 Å². The summed E-state index contributed by atoms with van der Waals surface area (Å²) in [4.78, 5) is 23.9. The number of carbonyl (C=O) groups excluding carboxylic acids is 2. The van der Waals surface area contributed by atoms with Gasteiger partial charge in [0.2, 0.25) is 6.79 Å². The molecule has 112 valence electrons. The zero-order valence-electron chi connectivity index (χ0n) is 11.8. The first-order valence-electron chi connectivity index (χ1n) is 6.57. The fourth-order valence-electron chi connectivity index (χ4n) is 2.15. The first kappa shape index (κ1) is 13.9. The van der Waals surface area contributed by atoms with Crippen LogP contribution >= 0.6 is 0 Å². The molecule has 0 atom stereocenters. The molecule has 1 aliphatic rings. The van der Waals surface area contributed by atoms with Gasteiger partial charge in [0.25, 0.3) is 5.91 Å². The molecule has 1 heterocycles. The quantitative estimate of drug-likeness (QED) is 0.881. The molecule has 6 nitrogen and oxygen atoms in total. The topological polar surface area (TPSA) is 73.9 Å². The molecule has 0 aliphatic carbocycles. The molecule has 2 aromatic rings. The molecule has 0 saturated heterocycles. The van der Waals surface area contributed by atoms with Crippen molar-refractivity contribution in [2.45, 2.75) is 0 Å². The molecule has 3 rings (SSSR count). The second-order valence-electron chi connectivity index (χ2n) is 4.57. The third kappa shape index (κ3) is 2.58. The SMILES string of the molecule is COC(=O)c1cccc(NC(=O)c2cccc3c2OCO3)c1. The van der Waals surface area contributed by atoms with Crippen LogP contribution in [0.3, 0.4) is 0 Å². The van der Waals surface area contributed by atoms with Gasteiger partial charge in [-0.3, -0.25) is 4.79 Å². The molecule has 0 saturated carbocycles. The predicted octanol–water partition coefficient (Wildman–Crippen LogP) is 2.45. The second-order valence-corrected chi connectivity index (χ2v) is 4.57. The van der Waals surface area contributed by atoms with E-state index in [-0.39, 0.29) is 12.7 Å². The van der Waals surface area contributed by atoms with Gasteiger partial charge in [-0.2, -0.15) is 0 Å². The molecule has 22 heavy (non-hydrogen) atoms. The molecular weight excluding hydrogens is 286 g/mol. The van der Waals surface area contributed by atoms with Crippen LogP contribution in [0.4, 0.5) is 5.69 Å². The maximum Gasteiger partial charge on any atom is 0.337 e. The lowest BCUT2D eigenvalue weighted by Gasteiger charge is -2.08. The fourth-order valence-corrected chi connectivity index (χ4v) is 2.15. The van der Waals surface area contributed by atoms with E-state index in [0.29, 0.717) is 28.3 Å². The van der Waals surface area contributed by atoms with Gasteiger partial charge in [-0.1, -0.05) is 12.1 Å². The standard InChI is InChI=1S/C16H13NO5/c1-20-16(19)10-4-2-5-11(8-10)17-15(18)12-6-3-7-13-14(12)22-9-21-13/h2-8H,9H2,1H3,(H,17,18). The molecular formula is C16H13NO5. The van der Waals surface area contributed by atoms with Crippen LogP contribution in [-0.2, 0) is 4.74 Å². The first-order chi connectivity index (χ1) is 10.7. The summed E-state index contributed by atoms with van der Waals surface area (Å²) >= 11 is 0. The molecule has 1 aliphatic heterocycles. The highest BCUT2D eigenvalue weighted by Gasteiger charge is 2.21. The van der Waals surface area contributed by atoms with E-state index < -0.39 is 5.97 Å². The number of fused-ring (bicyclic) bond motifs is 1. The number of para-hydroxylation sites is 1. The summed E-state index contributed by atoms with van der Waals surface area (Å²) in [6.07, 6.45) is 0. The van der Waals surface area contributed by atoms with Crippen LogP contribution in [0.1, 0.15) is 20.7 Å². The number of rotatable bonds is 3. The average molecular weight is 299 g/mol. The Balaban J connectivity index is 1.83. The monoisotopic (exact) mass is 299 g/mol. The minimum atomic E-state index is -0.464. The number of esters is 1. The van der Waals surface area contributed by atoms with E-state index in [4.69, 9.17) is 9.47 Å². The largest absolute Gasteiger partial charge is 0.465 e. The minimum absolute atomic E-state index is 0.0947. The van der Waals surface area contributed by atoms with E-state index in [9.17, 15) is 9.59 Å². The Morgan fingerprint density at radius 2 is 1.95 bits per heavy atom. The Morgan fingerprint density at radius 3 is 2.77 bits per heavy atom. The van der Waals surface area contributed by atoms with Crippen LogP contribution in [0.15, 0.2) is 42.5 Å². The molecule has 0 radical (unpaired) electrons. The molecule has 0 aromatic heterocycles. The normalized spacial score (nSPS) is 11.9. The highest BCUT2D eigenvalue weighted by molar-refractivity contribution is 6.07. The van der Waals surface area contributed by atoms with Crippen LogP contribution in [0.5, 0.6) is 11.5 Å². The van der Waals surface area contributed by atoms with E-state index in [2.05, 4.69) is 10.1 Å². The molecule has 0 unspecified atom stereocenters. The summed E-state index contributed by atoms with van der Waals surface area (Å²) in [5.74, 6) is 0.151. The number of hydrogen-bond acceptors (Lipinski definition) is 5. The van der Waals surface area contributed by atoms with Crippen LogP contribution in [0.25, 0.3) is 0 Å². The van der Waals surface area contributed by atoms with Crippen molar-refractivity contribution in [3.8, 4) is 11.5 Å². The van der Waals surface area contributed by atoms with Gasteiger partial charge < -0.3 is 19.5 Å². The Bertz CT molecular complexity index is 741. The molecule has 1 N–H and O–H groups in total. The van der Waals surface area contributed by atoms with Gasteiger partial charge in [0.1, 0.15) is 0 Å². The number of hydrogen-bond donors (Lipinski definition) is 1. The molecule has 6 heteroatoms. The molecule has 2 aromatic carbocycles. The lowest BCUT2D eigenvalue weighted by Crippen LogP contribution is -2.13. The maximum atomic E-state index is 12.4. The number of carbonyl (C=O) groups is 2. The van der Waals surface area contributed by atoms with Gasteiger partial charge in [-0.25, -0.2) is 4.79 Å². The van der Waals surface area contributed by atoms with Crippen molar-refractivity contribution in [1.29, 1.82) is 0 Å². The Kier molecular flexibility index (Phi) is 3.65. The summed E-state index contributed by atoms with van der Waals surface area (Å²) in [5, 5.41) is 2.73. The summed E-state index contributed by atoms with van der Waals surface area (Å²) in [6, 6.07) is 11.6. The van der Waals surface area contributed by atoms with E-state index in [0.717, 1.165) is 0 Å². The Hall–Kier alpha value is -3.02. The van der Waals surface area contributed by atoms with Crippen molar-refractivity contribution in [3.63, 3.8) is 0 Å². The lowest BCUT2D eigenvalue weighted by atomic mass is 10.1. The summed E-state index contributed by atoms with van der Waals surface area (Å²) in [6.45, 7) is 0.0947. The number of methoxy groups -OCH3 is 1. The zero-order valence-corrected chi connectivity index (χ0v) is 11.8. The van der Waals surface area contributed by atoms with Crippen LogP contribution in [-0.4, -0.2) is 25.8 Å².